The molecule has 0 bridgehead atoms. The Bertz CT molecular complexity index is 891. The molecule has 0 saturated heterocycles. The van der Waals surface area contributed by atoms with Gasteiger partial charge in [-0.25, -0.2) is 9.97 Å². The van der Waals surface area contributed by atoms with Crippen molar-refractivity contribution >= 4 is 33.6 Å². The minimum Gasteiger partial charge on any atom is -0.375 e. The second kappa shape index (κ2) is 5.92. The number of benzene rings is 1. The molecule has 118 valence electrons. The third kappa shape index (κ3) is 3.00. The van der Waals surface area contributed by atoms with Crippen LogP contribution in [0.2, 0.25) is 0 Å². The summed E-state index contributed by atoms with van der Waals surface area (Å²) < 4.78 is 0. The SMILES string of the molecule is Cc1csc(C(C)Nc2cc(C)nc3c([N+](=O)[O-])cccc23)n1. The van der Waals surface area contributed by atoms with Crippen LogP contribution in [0.25, 0.3) is 10.9 Å². The molecule has 0 fully saturated rings. The molecule has 2 heterocycles. The second-order valence-electron chi connectivity index (χ2n) is 5.43. The quantitative estimate of drug-likeness (QED) is 0.567. The van der Waals surface area contributed by atoms with Crippen LogP contribution in [0.3, 0.4) is 0 Å². The molecule has 0 saturated carbocycles. The Morgan fingerprint density at radius 2 is 2.04 bits per heavy atom. The lowest BCUT2D eigenvalue weighted by Gasteiger charge is -2.15. The number of nitro benzene ring substituents is 1. The van der Waals surface area contributed by atoms with Crippen LogP contribution in [0, 0.1) is 24.0 Å². The maximum absolute atomic E-state index is 11.2. The molecule has 3 aromatic rings. The average molecular weight is 328 g/mol. The summed E-state index contributed by atoms with van der Waals surface area (Å²) in [6.07, 6.45) is 0. The zero-order valence-electron chi connectivity index (χ0n) is 13.0. The first kappa shape index (κ1) is 15.4. The normalized spacial score (nSPS) is 12.3. The first-order chi connectivity index (χ1) is 11.0. The summed E-state index contributed by atoms with van der Waals surface area (Å²) in [7, 11) is 0. The number of aromatic nitrogens is 2. The molecule has 1 atom stereocenters. The van der Waals surface area contributed by atoms with Gasteiger partial charge >= 0.3 is 0 Å². The number of fused-ring (bicyclic) bond motifs is 1. The molecule has 1 N–H and O–H groups in total. The summed E-state index contributed by atoms with van der Waals surface area (Å²) in [6, 6.07) is 6.92. The van der Waals surface area contributed by atoms with E-state index in [0.717, 1.165) is 27.5 Å². The largest absolute Gasteiger partial charge is 0.375 e. The molecule has 1 unspecified atom stereocenters. The van der Waals surface area contributed by atoms with E-state index in [0.29, 0.717) is 5.52 Å². The fourth-order valence-corrected chi connectivity index (χ4v) is 3.30. The number of aryl methyl sites for hydroxylation is 2. The molecule has 23 heavy (non-hydrogen) atoms. The van der Waals surface area contributed by atoms with Crippen molar-refractivity contribution in [1.82, 2.24) is 9.97 Å². The highest BCUT2D eigenvalue weighted by Gasteiger charge is 2.17. The van der Waals surface area contributed by atoms with E-state index in [4.69, 9.17) is 0 Å². The summed E-state index contributed by atoms with van der Waals surface area (Å²) >= 11 is 1.60. The van der Waals surface area contributed by atoms with Crippen molar-refractivity contribution in [3.8, 4) is 0 Å². The zero-order valence-corrected chi connectivity index (χ0v) is 13.8. The van der Waals surface area contributed by atoms with Gasteiger partial charge in [0.25, 0.3) is 5.69 Å². The molecule has 0 aliphatic rings. The first-order valence-electron chi connectivity index (χ1n) is 7.19. The van der Waals surface area contributed by atoms with Gasteiger partial charge in [0, 0.05) is 33.9 Å². The third-order valence-corrected chi connectivity index (χ3v) is 4.67. The van der Waals surface area contributed by atoms with Crippen LogP contribution in [-0.2, 0) is 0 Å². The van der Waals surface area contributed by atoms with E-state index >= 15 is 0 Å². The fraction of sp³-hybridized carbons (Fsp3) is 0.250. The van der Waals surface area contributed by atoms with Crippen molar-refractivity contribution in [1.29, 1.82) is 0 Å². The molecule has 0 aliphatic carbocycles. The predicted octanol–water partition coefficient (Wildman–Crippen LogP) is 4.39. The van der Waals surface area contributed by atoms with E-state index < -0.39 is 4.92 Å². The van der Waals surface area contributed by atoms with Crippen LogP contribution in [0.15, 0.2) is 29.6 Å². The Balaban J connectivity index is 2.07. The van der Waals surface area contributed by atoms with Gasteiger partial charge in [-0.3, -0.25) is 10.1 Å². The zero-order chi connectivity index (χ0) is 16.6. The minimum atomic E-state index is -0.397. The molecule has 6 nitrogen and oxygen atoms in total. The van der Waals surface area contributed by atoms with Crippen LogP contribution >= 0.6 is 11.3 Å². The van der Waals surface area contributed by atoms with Crippen molar-refractivity contribution in [3.05, 3.63) is 56.2 Å². The standard InChI is InChI=1S/C16H16N4O2S/c1-9-7-13(19-11(3)16-18-10(2)8-23-16)12-5-4-6-14(20(21)22)15(12)17-9/h4-8,11H,1-3H3,(H,17,19). The van der Waals surface area contributed by atoms with E-state index in [1.54, 1.807) is 17.4 Å². The lowest BCUT2D eigenvalue weighted by Crippen LogP contribution is -2.07. The Morgan fingerprint density at radius 3 is 2.70 bits per heavy atom. The van der Waals surface area contributed by atoms with Crippen LogP contribution < -0.4 is 5.32 Å². The topological polar surface area (TPSA) is 81.0 Å². The van der Waals surface area contributed by atoms with Crippen molar-refractivity contribution in [2.24, 2.45) is 0 Å². The molecule has 0 spiro atoms. The molecule has 0 amide bonds. The summed E-state index contributed by atoms with van der Waals surface area (Å²) in [5.41, 5.74) is 2.98. The van der Waals surface area contributed by atoms with Gasteiger partial charge in [-0.1, -0.05) is 12.1 Å². The number of non-ortho nitro benzene ring substituents is 1. The lowest BCUT2D eigenvalue weighted by atomic mass is 10.1. The number of para-hydroxylation sites is 1. The molecule has 1 aromatic carbocycles. The van der Waals surface area contributed by atoms with Gasteiger partial charge in [-0.05, 0) is 26.8 Å². The highest BCUT2D eigenvalue weighted by Crippen LogP contribution is 2.32. The van der Waals surface area contributed by atoms with Crippen LogP contribution in [-0.4, -0.2) is 14.9 Å². The molecule has 0 aliphatic heterocycles. The number of thiazole rings is 1. The fourth-order valence-electron chi connectivity index (χ4n) is 2.49. The Hall–Kier alpha value is -2.54. The van der Waals surface area contributed by atoms with Crippen LogP contribution in [0.4, 0.5) is 11.4 Å². The Labute approximate surface area is 137 Å². The summed E-state index contributed by atoms with van der Waals surface area (Å²) in [5, 5.41) is 18.4. The lowest BCUT2D eigenvalue weighted by molar-refractivity contribution is -0.383. The van der Waals surface area contributed by atoms with E-state index in [9.17, 15) is 10.1 Å². The van der Waals surface area contributed by atoms with Crippen LogP contribution in [0.1, 0.15) is 29.4 Å². The molecule has 2 aromatic heterocycles. The summed E-state index contributed by atoms with van der Waals surface area (Å²) in [5.74, 6) is 0. The van der Waals surface area contributed by atoms with Gasteiger partial charge in [0.1, 0.15) is 5.01 Å². The maximum Gasteiger partial charge on any atom is 0.295 e. The third-order valence-electron chi connectivity index (χ3n) is 3.52. The molecular formula is C16H16N4O2S. The van der Waals surface area contributed by atoms with Crippen molar-refractivity contribution in [2.45, 2.75) is 26.8 Å². The molecular weight excluding hydrogens is 312 g/mol. The number of rotatable bonds is 4. The Morgan fingerprint density at radius 1 is 1.26 bits per heavy atom. The van der Waals surface area contributed by atoms with Gasteiger partial charge in [0.15, 0.2) is 5.52 Å². The first-order valence-corrected chi connectivity index (χ1v) is 8.07. The number of nitro groups is 1. The number of nitrogens with one attached hydrogen (secondary N) is 1. The highest BCUT2D eigenvalue weighted by atomic mass is 32.1. The van der Waals surface area contributed by atoms with Crippen molar-refractivity contribution in [3.63, 3.8) is 0 Å². The number of hydrogen-bond donors (Lipinski definition) is 1. The van der Waals surface area contributed by atoms with E-state index in [-0.39, 0.29) is 11.7 Å². The van der Waals surface area contributed by atoms with Gasteiger partial charge in [0.2, 0.25) is 0 Å². The smallest absolute Gasteiger partial charge is 0.295 e. The Kier molecular flexibility index (Phi) is 3.96. The van der Waals surface area contributed by atoms with Crippen LogP contribution in [0.5, 0.6) is 0 Å². The van der Waals surface area contributed by atoms with Crippen molar-refractivity contribution in [2.75, 3.05) is 5.32 Å². The second-order valence-corrected chi connectivity index (χ2v) is 6.32. The average Bonchev–Trinajstić information content (AvgIpc) is 2.93. The highest BCUT2D eigenvalue weighted by molar-refractivity contribution is 7.09. The van der Waals surface area contributed by atoms with E-state index in [1.165, 1.54) is 6.07 Å². The van der Waals surface area contributed by atoms with Gasteiger partial charge in [0.05, 0.1) is 11.0 Å². The van der Waals surface area contributed by atoms with Gasteiger partial charge in [-0.2, -0.15) is 0 Å². The number of nitrogens with zero attached hydrogens (tertiary/aromatic N) is 3. The summed E-state index contributed by atoms with van der Waals surface area (Å²) in [4.78, 5) is 19.7. The summed E-state index contributed by atoms with van der Waals surface area (Å²) in [6.45, 7) is 5.82. The number of hydrogen-bond acceptors (Lipinski definition) is 6. The molecule has 0 radical (unpaired) electrons. The minimum absolute atomic E-state index is 0.0120. The van der Waals surface area contributed by atoms with E-state index in [1.807, 2.05) is 38.3 Å². The monoisotopic (exact) mass is 328 g/mol. The predicted molar refractivity (Wildman–Crippen MR) is 92.0 cm³/mol. The maximum atomic E-state index is 11.2. The molecule has 3 rings (SSSR count). The molecule has 7 heteroatoms. The van der Waals surface area contributed by atoms with E-state index in [2.05, 4.69) is 15.3 Å². The number of pyridine rings is 1. The van der Waals surface area contributed by atoms with Gasteiger partial charge < -0.3 is 5.32 Å². The van der Waals surface area contributed by atoms with Crippen molar-refractivity contribution < 1.29 is 4.92 Å². The number of anilines is 1. The van der Waals surface area contributed by atoms with Gasteiger partial charge in [-0.15, -0.1) is 11.3 Å².